The molecule has 154 valence electrons. The fourth-order valence-electron chi connectivity index (χ4n) is 2.15. The summed E-state index contributed by atoms with van der Waals surface area (Å²) in [6, 6.07) is 11.9. The zero-order valence-corrected chi connectivity index (χ0v) is 15.9. The lowest BCUT2D eigenvalue weighted by molar-refractivity contribution is -0.129. The highest BCUT2D eigenvalue weighted by atomic mass is 19.1. The van der Waals surface area contributed by atoms with Gasteiger partial charge in [-0.25, -0.2) is 4.39 Å². The smallest absolute Gasteiger partial charge is 0.269 e. The molecular weight excluding hydrogens is 381 g/mol. The van der Waals surface area contributed by atoms with E-state index >= 15 is 0 Å². The van der Waals surface area contributed by atoms with Gasteiger partial charge in [0.25, 0.3) is 11.8 Å². The van der Waals surface area contributed by atoms with Crippen LogP contribution in [-0.2, 0) is 14.3 Å². The minimum absolute atomic E-state index is 0.0525. The van der Waals surface area contributed by atoms with Crippen LogP contribution in [0.15, 0.2) is 48.5 Å². The molecule has 0 aromatic heterocycles. The molecule has 29 heavy (non-hydrogen) atoms. The number of rotatable bonds is 9. The zero-order valence-electron chi connectivity index (χ0n) is 15.9. The molecule has 9 heteroatoms. The van der Waals surface area contributed by atoms with Crippen LogP contribution in [0.1, 0.15) is 23.7 Å². The first kappa shape index (κ1) is 21.8. The standard InChI is InChI=1S/C20H22FN3O5/c1-2-10-29-17-8-6-16(7-9-17)22-18(25)12-28-13-19(26)23-24-20(27)14-4-3-5-15(21)11-14/h3-9,11H,2,10,12-13H2,1H3,(H,22,25)(H,23,26)(H,24,27). The highest BCUT2D eigenvalue weighted by Crippen LogP contribution is 2.15. The summed E-state index contributed by atoms with van der Waals surface area (Å²) in [6.45, 7) is 1.83. The van der Waals surface area contributed by atoms with E-state index in [0.717, 1.165) is 12.5 Å². The van der Waals surface area contributed by atoms with Crippen LogP contribution in [0.4, 0.5) is 10.1 Å². The molecule has 0 radical (unpaired) electrons. The maximum absolute atomic E-state index is 13.1. The van der Waals surface area contributed by atoms with Crippen LogP contribution in [0.25, 0.3) is 0 Å². The summed E-state index contributed by atoms with van der Waals surface area (Å²) < 4.78 is 23.5. The van der Waals surface area contributed by atoms with Crippen LogP contribution in [0.3, 0.4) is 0 Å². The minimum atomic E-state index is -0.679. The average Bonchev–Trinajstić information content (AvgIpc) is 2.71. The van der Waals surface area contributed by atoms with Crippen molar-refractivity contribution in [3.63, 3.8) is 0 Å². The third kappa shape index (κ3) is 7.97. The molecule has 3 amide bonds. The molecule has 0 aliphatic heterocycles. The van der Waals surface area contributed by atoms with E-state index in [9.17, 15) is 18.8 Å². The highest BCUT2D eigenvalue weighted by molar-refractivity contribution is 5.95. The van der Waals surface area contributed by atoms with Crippen LogP contribution in [0.5, 0.6) is 5.75 Å². The Hall–Kier alpha value is -3.46. The lowest BCUT2D eigenvalue weighted by atomic mass is 10.2. The lowest BCUT2D eigenvalue weighted by Gasteiger charge is -2.09. The fourth-order valence-corrected chi connectivity index (χ4v) is 2.15. The van der Waals surface area contributed by atoms with Crippen LogP contribution >= 0.6 is 0 Å². The van der Waals surface area contributed by atoms with Crippen molar-refractivity contribution < 1.29 is 28.2 Å². The molecule has 0 unspecified atom stereocenters. The van der Waals surface area contributed by atoms with Crippen molar-refractivity contribution in [2.75, 3.05) is 25.1 Å². The molecule has 0 heterocycles. The Kier molecular flexibility index (Phi) is 8.58. The van der Waals surface area contributed by atoms with Gasteiger partial charge in [0.15, 0.2) is 0 Å². The first-order chi connectivity index (χ1) is 14.0. The topological polar surface area (TPSA) is 106 Å². The molecule has 0 fully saturated rings. The number of hydrogen-bond acceptors (Lipinski definition) is 5. The van der Waals surface area contributed by atoms with Crippen molar-refractivity contribution in [1.29, 1.82) is 0 Å². The van der Waals surface area contributed by atoms with Gasteiger partial charge >= 0.3 is 0 Å². The van der Waals surface area contributed by atoms with E-state index in [-0.39, 0.29) is 12.2 Å². The Bertz CT molecular complexity index is 842. The number of hydrazine groups is 1. The molecule has 2 rings (SSSR count). The Morgan fingerprint density at radius 2 is 1.69 bits per heavy atom. The van der Waals surface area contributed by atoms with E-state index < -0.39 is 30.1 Å². The summed E-state index contributed by atoms with van der Waals surface area (Å²) in [5, 5.41) is 2.62. The molecule has 0 saturated heterocycles. The molecule has 0 spiro atoms. The molecule has 8 nitrogen and oxygen atoms in total. The number of ether oxygens (including phenoxy) is 2. The molecule has 2 aromatic carbocycles. The highest BCUT2D eigenvalue weighted by Gasteiger charge is 2.09. The Balaban J connectivity index is 1.65. The second kappa shape index (κ2) is 11.4. The molecule has 0 bridgehead atoms. The predicted molar refractivity (Wildman–Crippen MR) is 104 cm³/mol. The van der Waals surface area contributed by atoms with E-state index in [1.807, 2.05) is 6.92 Å². The van der Waals surface area contributed by atoms with Crippen molar-refractivity contribution in [3.8, 4) is 5.75 Å². The number of carbonyl (C=O) groups excluding carboxylic acids is 3. The van der Waals surface area contributed by atoms with E-state index in [4.69, 9.17) is 9.47 Å². The van der Waals surface area contributed by atoms with Gasteiger partial charge in [-0.15, -0.1) is 0 Å². The SMILES string of the molecule is CCCOc1ccc(NC(=O)COCC(=O)NNC(=O)c2cccc(F)c2)cc1. The van der Waals surface area contributed by atoms with Gasteiger partial charge in [0, 0.05) is 11.3 Å². The van der Waals surface area contributed by atoms with Crippen LogP contribution in [0.2, 0.25) is 0 Å². The number of carbonyl (C=O) groups is 3. The van der Waals surface area contributed by atoms with Crippen LogP contribution in [-0.4, -0.2) is 37.5 Å². The summed E-state index contributed by atoms with van der Waals surface area (Å²) >= 11 is 0. The van der Waals surface area contributed by atoms with Gasteiger partial charge < -0.3 is 14.8 Å². The van der Waals surface area contributed by atoms with Gasteiger partial charge in [0.05, 0.1) is 6.61 Å². The third-order valence-corrected chi connectivity index (χ3v) is 3.48. The molecule has 0 atom stereocenters. The van der Waals surface area contributed by atoms with Crippen LogP contribution < -0.4 is 20.9 Å². The minimum Gasteiger partial charge on any atom is -0.494 e. The molecule has 2 aromatic rings. The van der Waals surface area contributed by atoms with Gasteiger partial charge in [0.1, 0.15) is 24.8 Å². The summed E-state index contributed by atoms with van der Waals surface area (Å²) in [5.41, 5.74) is 4.86. The second-order valence-corrected chi connectivity index (χ2v) is 5.93. The zero-order chi connectivity index (χ0) is 21.1. The molecule has 0 aliphatic rings. The normalized spacial score (nSPS) is 10.1. The summed E-state index contributed by atoms with van der Waals surface area (Å²) in [5.74, 6) is -1.65. The first-order valence-electron chi connectivity index (χ1n) is 8.93. The largest absolute Gasteiger partial charge is 0.494 e. The summed E-state index contributed by atoms with van der Waals surface area (Å²) in [6.07, 6.45) is 0.901. The predicted octanol–water partition coefficient (Wildman–Crippen LogP) is 2.03. The monoisotopic (exact) mass is 403 g/mol. The Morgan fingerprint density at radius 1 is 0.966 bits per heavy atom. The van der Waals surface area contributed by atoms with Gasteiger partial charge in [-0.1, -0.05) is 13.0 Å². The fraction of sp³-hybridized carbons (Fsp3) is 0.250. The maximum Gasteiger partial charge on any atom is 0.269 e. The Morgan fingerprint density at radius 3 is 2.38 bits per heavy atom. The molecule has 0 aliphatic carbocycles. The number of amides is 3. The number of nitrogens with one attached hydrogen (secondary N) is 3. The van der Waals surface area contributed by atoms with Crippen LogP contribution in [0, 0.1) is 5.82 Å². The van der Waals surface area contributed by atoms with Gasteiger partial charge in [0.2, 0.25) is 5.91 Å². The Labute approximate surface area is 167 Å². The van der Waals surface area contributed by atoms with Crippen molar-refractivity contribution >= 4 is 23.4 Å². The van der Waals surface area contributed by atoms with Crippen molar-refractivity contribution in [3.05, 3.63) is 59.9 Å². The molecule has 0 saturated carbocycles. The van der Waals surface area contributed by atoms with Gasteiger partial charge in [-0.05, 0) is 48.9 Å². The van der Waals surface area contributed by atoms with Gasteiger partial charge in [-0.2, -0.15) is 0 Å². The molecular formula is C20H22FN3O5. The van der Waals surface area contributed by atoms with Gasteiger partial charge in [-0.3, -0.25) is 25.2 Å². The van der Waals surface area contributed by atoms with E-state index in [2.05, 4.69) is 16.2 Å². The van der Waals surface area contributed by atoms with Crippen molar-refractivity contribution in [1.82, 2.24) is 10.9 Å². The first-order valence-corrected chi connectivity index (χ1v) is 8.93. The number of anilines is 1. The molecule has 3 N–H and O–H groups in total. The maximum atomic E-state index is 13.1. The quantitative estimate of drug-likeness (QED) is 0.556. The van der Waals surface area contributed by atoms with Crippen molar-refractivity contribution in [2.24, 2.45) is 0 Å². The average molecular weight is 403 g/mol. The summed E-state index contributed by atoms with van der Waals surface area (Å²) in [4.78, 5) is 35.2. The third-order valence-electron chi connectivity index (χ3n) is 3.48. The van der Waals surface area contributed by atoms with E-state index in [1.165, 1.54) is 18.2 Å². The van der Waals surface area contributed by atoms with Crippen molar-refractivity contribution in [2.45, 2.75) is 13.3 Å². The van der Waals surface area contributed by atoms with E-state index in [1.54, 1.807) is 24.3 Å². The lowest BCUT2D eigenvalue weighted by Crippen LogP contribution is -2.43. The number of benzene rings is 2. The number of hydrogen-bond donors (Lipinski definition) is 3. The van der Waals surface area contributed by atoms with E-state index in [0.29, 0.717) is 18.0 Å². The summed E-state index contributed by atoms with van der Waals surface area (Å²) in [7, 11) is 0. The number of halogens is 1. The second-order valence-electron chi connectivity index (χ2n) is 5.93.